The zero-order chi connectivity index (χ0) is 24.0. The summed E-state index contributed by atoms with van der Waals surface area (Å²) in [6.45, 7) is 2.91. The fourth-order valence-corrected chi connectivity index (χ4v) is 4.72. The molecule has 4 aromatic carbocycles. The predicted octanol–water partition coefficient (Wildman–Crippen LogP) is 7.33. The number of thiazole rings is 1. The number of anilines is 1. The van der Waals surface area contributed by atoms with Crippen molar-refractivity contribution in [1.82, 2.24) is 4.98 Å². The Hall–Kier alpha value is -4.16. The van der Waals surface area contributed by atoms with E-state index in [0.717, 1.165) is 27.3 Å². The van der Waals surface area contributed by atoms with Crippen molar-refractivity contribution >= 4 is 32.6 Å². The van der Waals surface area contributed by atoms with Gasteiger partial charge in [-0.25, -0.2) is 4.98 Å². The zero-order valence-corrected chi connectivity index (χ0v) is 20.1. The summed E-state index contributed by atoms with van der Waals surface area (Å²) in [6.07, 6.45) is 0. The lowest BCUT2D eigenvalue weighted by Crippen LogP contribution is -2.30. The molecule has 0 saturated carbocycles. The molecule has 5 aromatic rings. The van der Waals surface area contributed by atoms with Gasteiger partial charge in [-0.1, -0.05) is 65.9 Å². The highest BCUT2D eigenvalue weighted by Gasteiger charge is 2.23. The standard InChI is InChI=1S/C29H24N2O3S/c1-2-33-25-14-9-15-26-27(25)30-29(35-26)31(20-21-10-5-3-6-11-21)28(32)22-16-18-24(19-17-22)34-23-12-7-4-8-13-23/h3-19H,2,20H2,1H3. The van der Waals surface area contributed by atoms with E-state index < -0.39 is 0 Å². The summed E-state index contributed by atoms with van der Waals surface area (Å²) in [5.74, 6) is 2.01. The first-order chi connectivity index (χ1) is 17.2. The molecule has 1 heterocycles. The van der Waals surface area contributed by atoms with Crippen LogP contribution in [-0.4, -0.2) is 17.5 Å². The van der Waals surface area contributed by atoms with Crippen LogP contribution >= 0.6 is 11.3 Å². The fourth-order valence-electron chi connectivity index (χ4n) is 3.74. The van der Waals surface area contributed by atoms with Crippen LogP contribution in [0.5, 0.6) is 17.2 Å². The largest absolute Gasteiger partial charge is 0.492 e. The van der Waals surface area contributed by atoms with E-state index in [0.29, 0.717) is 29.6 Å². The molecule has 0 aliphatic carbocycles. The number of hydrogen-bond acceptors (Lipinski definition) is 5. The lowest BCUT2D eigenvalue weighted by atomic mass is 10.1. The first-order valence-electron chi connectivity index (χ1n) is 11.4. The number of ether oxygens (including phenoxy) is 2. The van der Waals surface area contributed by atoms with Crippen LogP contribution in [0.15, 0.2) is 103 Å². The monoisotopic (exact) mass is 480 g/mol. The van der Waals surface area contributed by atoms with E-state index in [1.54, 1.807) is 17.0 Å². The highest BCUT2D eigenvalue weighted by Crippen LogP contribution is 2.35. The minimum absolute atomic E-state index is 0.128. The third-order valence-electron chi connectivity index (χ3n) is 5.41. The van der Waals surface area contributed by atoms with Gasteiger partial charge in [0.25, 0.3) is 5.91 Å². The molecule has 35 heavy (non-hydrogen) atoms. The maximum absolute atomic E-state index is 13.7. The zero-order valence-electron chi connectivity index (χ0n) is 19.3. The van der Waals surface area contributed by atoms with Crippen LogP contribution in [0.3, 0.4) is 0 Å². The second-order valence-electron chi connectivity index (χ2n) is 7.85. The maximum Gasteiger partial charge on any atom is 0.260 e. The molecule has 0 saturated heterocycles. The minimum atomic E-state index is -0.128. The summed E-state index contributed by atoms with van der Waals surface area (Å²) in [7, 11) is 0. The van der Waals surface area contributed by atoms with Crippen molar-refractivity contribution in [3.63, 3.8) is 0 Å². The predicted molar refractivity (Wildman–Crippen MR) is 141 cm³/mol. The van der Waals surface area contributed by atoms with Crippen LogP contribution in [0, 0.1) is 0 Å². The van der Waals surface area contributed by atoms with E-state index in [9.17, 15) is 4.79 Å². The summed E-state index contributed by atoms with van der Waals surface area (Å²) in [6, 6.07) is 32.6. The number of fused-ring (bicyclic) bond motifs is 1. The average molecular weight is 481 g/mol. The molecule has 0 radical (unpaired) electrons. The van der Waals surface area contributed by atoms with Crippen molar-refractivity contribution in [2.75, 3.05) is 11.5 Å². The molecular formula is C29H24N2O3S. The first-order valence-corrected chi connectivity index (χ1v) is 12.2. The molecule has 0 spiro atoms. The number of amides is 1. The third kappa shape index (κ3) is 5.18. The molecule has 0 aliphatic rings. The van der Waals surface area contributed by atoms with Crippen LogP contribution in [-0.2, 0) is 6.54 Å². The highest BCUT2D eigenvalue weighted by atomic mass is 32.1. The topological polar surface area (TPSA) is 51.7 Å². The van der Waals surface area contributed by atoms with Gasteiger partial charge in [0.1, 0.15) is 22.8 Å². The number of rotatable bonds is 8. The smallest absolute Gasteiger partial charge is 0.260 e. The number of carbonyl (C=O) groups is 1. The van der Waals surface area contributed by atoms with Crippen molar-refractivity contribution < 1.29 is 14.3 Å². The Morgan fingerprint density at radius 3 is 2.23 bits per heavy atom. The van der Waals surface area contributed by atoms with E-state index in [2.05, 4.69) is 0 Å². The van der Waals surface area contributed by atoms with E-state index in [1.807, 2.05) is 97.9 Å². The van der Waals surface area contributed by atoms with Gasteiger partial charge in [-0.05, 0) is 61.0 Å². The molecule has 0 bridgehead atoms. The number of aromatic nitrogens is 1. The molecule has 0 unspecified atom stereocenters. The van der Waals surface area contributed by atoms with E-state index in [-0.39, 0.29) is 5.91 Å². The van der Waals surface area contributed by atoms with Gasteiger partial charge < -0.3 is 9.47 Å². The van der Waals surface area contributed by atoms with Gasteiger partial charge in [0, 0.05) is 5.56 Å². The summed E-state index contributed by atoms with van der Waals surface area (Å²) in [5, 5.41) is 0.630. The van der Waals surface area contributed by atoms with Crippen molar-refractivity contribution in [3.8, 4) is 17.2 Å². The van der Waals surface area contributed by atoms with Crippen molar-refractivity contribution in [1.29, 1.82) is 0 Å². The van der Waals surface area contributed by atoms with E-state index in [4.69, 9.17) is 14.5 Å². The number of nitrogens with zero attached hydrogens (tertiary/aromatic N) is 2. The quantitative estimate of drug-likeness (QED) is 0.233. The van der Waals surface area contributed by atoms with E-state index in [1.165, 1.54) is 11.3 Å². The molecule has 0 N–H and O–H groups in total. The van der Waals surface area contributed by atoms with Crippen molar-refractivity contribution in [3.05, 3.63) is 114 Å². The van der Waals surface area contributed by atoms with Crippen LogP contribution in [0.4, 0.5) is 5.13 Å². The van der Waals surface area contributed by atoms with Crippen LogP contribution in [0.2, 0.25) is 0 Å². The Morgan fingerprint density at radius 2 is 1.51 bits per heavy atom. The number of hydrogen-bond donors (Lipinski definition) is 0. The molecule has 5 rings (SSSR count). The highest BCUT2D eigenvalue weighted by molar-refractivity contribution is 7.22. The molecule has 174 valence electrons. The molecule has 0 atom stereocenters. The Bertz CT molecular complexity index is 1420. The first kappa shape index (κ1) is 22.6. The third-order valence-corrected chi connectivity index (χ3v) is 6.45. The second-order valence-corrected chi connectivity index (χ2v) is 8.86. The second kappa shape index (κ2) is 10.4. The van der Waals surface area contributed by atoms with Gasteiger partial charge in [0.15, 0.2) is 5.13 Å². The summed E-state index contributed by atoms with van der Waals surface area (Å²) in [5.41, 5.74) is 2.35. The lowest BCUT2D eigenvalue weighted by molar-refractivity contribution is 0.0985. The van der Waals surface area contributed by atoms with Gasteiger partial charge in [-0.3, -0.25) is 9.69 Å². The summed E-state index contributed by atoms with van der Waals surface area (Å²) < 4.78 is 12.6. The Labute approximate surface area is 208 Å². The molecule has 1 aromatic heterocycles. The van der Waals surface area contributed by atoms with Crippen LogP contribution < -0.4 is 14.4 Å². The molecular weight excluding hydrogens is 456 g/mol. The van der Waals surface area contributed by atoms with Gasteiger partial charge in [-0.2, -0.15) is 0 Å². The normalized spacial score (nSPS) is 10.8. The van der Waals surface area contributed by atoms with Crippen molar-refractivity contribution in [2.45, 2.75) is 13.5 Å². The summed E-state index contributed by atoms with van der Waals surface area (Å²) >= 11 is 1.48. The minimum Gasteiger partial charge on any atom is -0.492 e. The average Bonchev–Trinajstić information content (AvgIpc) is 3.34. The van der Waals surface area contributed by atoms with Gasteiger partial charge in [0.2, 0.25) is 0 Å². The molecule has 0 aliphatic heterocycles. The van der Waals surface area contributed by atoms with Gasteiger partial charge in [-0.15, -0.1) is 0 Å². The molecule has 5 nitrogen and oxygen atoms in total. The molecule has 6 heteroatoms. The SMILES string of the molecule is CCOc1cccc2sc(N(Cc3ccccc3)C(=O)c3ccc(Oc4ccccc4)cc3)nc12. The lowest BCUT2D eigenvalue weighted by Gasteiger charge is -2.20. The molecule has 1 amide bonds. The Balaban J connectivity index is 1.47. The number of benzene rings is 4. The maximum atomic E-state index is 13.7. The van der Waals surface area contributed by atoms with Crippen molar-refractivity contribution in [2.24, 2.45) is 0 Å². The van der Waals surface area contributed by atoms with Crippen LogP contribution in [0.25, 0.3) is 10.2 Å². The van der Waals surface area contributed by atoms with E-state index >= 15 is 0 Å². The van der Waals surface area contributed by atoms with Gasteiger partial charge in [0.05, 0.1) is 17.9 Å². The van der Waals surface area contributed by atoms with Crippen LogP contribution in [0.1, 0.15) is 22.8 Å². The Morgan fingerprint density at radius 1 is 0.829 bits per heavy atom. The number of carbonyl (C=O) groups excluding carboxylic acids is 1. The van der Waals surface area contributed by atoms with Gasteiger partial charge >= 0.3 is 0 Å². The Kier molecular flexibility index (Phi) is 6.73. The fraction of sp³-hybridized carbons (Fsp3) is 0.103. The molecule has 0 fully saturated rings. The number of para-hydroxylation sites is 2. The summed E-state index contributed by atoms with van der Waals surface area (Å²) in [4.78, 5) is 20.3.